The fourth-order valence-corrected chi connectivity index (χ4v) is 4.97. The molecule has 9 heteroatoms. The number of aryl methyl sites for hydroxylation is 1. The molecule has 3 N–H and O–H groups in total. The van der Waals surface area contributed by atoms with E-state index in [1.165, 1.54) is 17.7 Å². The van der Waals surface area contributed by atoms with Crippen LogP contribution in [0.15, 0.2) is 60.1 Å². The van der Waals surface area contributed by atoms with Crippen LogP contribution in [0.2, 0.25) is 0 Å². The summed E-state index contributed by atoms with van der Waals surface area (Å²) in [6.07, 6.45) is 2.44. The van der Waals surface area contributed by atoms with Gasteiger partial charge in [0.2, 0.25) is 12.3 Å². The zero-order valence-electron chi connectivity index (χ0n) is 22.1. The molecule has 1 aliphatic rings. The zero-order valence-corrected chi connectivity index (χ0v) is 22.9. The maximum Gasteiger partial charge on any atom is 0.250 e. The molecule has 0 spiro atoms. The lowest BCUT2D eigenvalue weighted by Gasteiger charge is -2.28. The van der Waals surface area contributed by atoms with Crippen molar-refractivity contribution in [2.24, 2.45) is 0 Å². The molecule has 2 heterocycles. The highest BCUT2D eigenvalue weighted by Crippen LogP contribution is 2.27. The van der Waals surface area contributed by atoms with Crippen LogP contribution in [0.5, 0.6) is 0 Å². The molecule has 1 fully saturated rings. The van der Waals surface area contributed by atoms with Gasteiger partial charge in [-0.25, -0.2) is 4.98 Å². The van der Waals surface area contributed by atoms with Crippen LogP contribution in [0, 0.1) is 6.92 Å². The number of β-amino-alcohol motifs (C(OH)–C–C–N with tert-alkyl or cyclic N) is 1. The Balaban J connectivity index is 0.000000934. The summed E-state index contributed by atoms with van der Waals surface area (Å²) in [6.45, 7) is 6.66. The molecule has 4 rings (SSSR count). The lowest BCUT2D eigenvalue weighted by Crippen LogP contribution is -2.49. The Labute approximate surface area is 228 Å². The first kappa shape index (κ1) is 29.0. The van der Waals surface area contributed by atoms with Gasteiger partial charge in [-0.2, -0.15) is 0 Å². The molecular formula is C29H36N4O4S. The summed E-state index contributed by atoms with van der Waals surface area (Å²) < 4.78 is 0. The Kier molecular flexibility index (Phi) is 11.0. The largest absolute Gasteiger partial charge is 0.391 e. The molecule has 3 aromatic rings. The fourth-order valence-electron chi connectivity index (χ4n) is 4.16. The van der Waals surface area contributed by atoms with Crippen LogP contribution in [0.25, 0.3) is 10.4 Å². The number of aliphatic hydroxyl groups excluding tert-OH is 1. The van der Waals surface area contributed by atoms with E-state index in [0.717, 1.165) is 21.7 Å². The Bertz CT molecular complexity index is 1180. The van der Waals surface area contributed by atoms with Crippen molar-refractivity contribution < 1.29 is 19.5 Å². The number of carbonyl (C=O) groups excluding carboxylic acids is 3. The molecule has 0 saturated carbocycles. The second-order valence-corrected chi connectivity index (χ2v) is 10.1. The number of amides is 3. The minimum atomic E-state index is -0.929. The van der Waals surface area contributed by atoms with Gasteiger partial charge in [0.15, 0.2) is 0 Å². The summed E-state index contributed by atoms with van der Waals surface area (Å²) in [5.74, 6) is -0.774. The van der Waals surface area contributed by atoms with Gasteiger partial charge in [0.1, 0.15) is 12.1 Å². The number of aromatic nitrogens is 1. The van der Waals surface area contributed by atoms with Crippen LogP contribution in [-0.2, 0) is 20.9 Å². The number of rotatable bonds is 9. The van der Waals surface area contributed by atoms with Crippen LogP contribution in [-0.4, -0.2) is 51.9 Å². The van der Waals surface area contributed by atoms with E-state index >= 15 is 0 Å². The third kappa shape index (κ3) is 7.49. The minimum Gasteiger partial charge on any atom is -0.391 e. The number of aliphatic hydroxyl groups is 1. The van der Waals surface area contributed by atoms with Gasteiger partial charge in [-0.1, -0.05) is 81.3 Å². The van der Waals surface area contributed by atoms with Gasteiger partial charge < -0.3 is 20.6 Å². The van der Waals surface area contributed by atoms with Gasteiger partial charge in [-0.05, 0) is 23.6 Å². The van der Waals surface area contributed by atoms with E-state index in [4.69, 9.17) is 0 Å². The van der Waals surface area contributed by atoms with E-state index in [-0.39, 0.29) is 18.9 Å². The van der Waals surface area contributed by atoms with Gasteiger partial charge in [0.25, 0.3) is 5.91 Å². The first-order chi connectivity index (χ1) is 18.4. The first-order valence-electron chi connectivity index (χ1n) is 12.9. The smallest absolute Gasteiger partial charge is 0.250 e. The number of likely N-dealkylation sites (tertiary alicyclic amines) is 1. The molecule has 3 atom stereocenters. The minimum absolute atomic E-state index is 0.0314. The Morgan fingerprint density at radius 1 is 1.13 bits per heavy atom. The van der Waals surface area contributed by atoms with Gasteiger partial charge in [0.05, 0.1) is 22.2 Å². The van der Waals surface area contributed by atoms with Gasteiger partial charge in [-0.3, -0.25) is 14.4 Å². The van der Waals surface area contributed by atoms with Crippen molar-refractivity contribution in [3.63, 3.8) is 0 Å². The number of unbranched alkanes of at least 4 members (excludes halogenated alkanes) is 1. The van der Waals surface area contributed by atoms with Crippen LogP contribution in [0.3, 0.4) is 0 Å². The maximum atomic E-state index is 13.3. The molecule has 38 heavy (non-hydrogen) atoms. The molecule has 0 bridgehead atoms. The van der Waals surface area contributed by atoms with Crippen molar-refractivity contribution in [2.75, 3.05) is 6.54 Å². The second kappa shape index (κ2) is 14.4. The van der Waals surface area contributed by atoms with Crippen molar-refractivity contribution in [1.82, 2.24) is 20.5 Å². The highest BCUT2D eigenvalue weighted by Gasteiger charge is 2.41. The number of thiazole rings is 1. The van der Waals surface area contributed by atoms with E-state index in [0.29, 0.717) is 18.5 Å². The monoisotopic (exact) mass is 536 g/mol. The summed E-state index contributed by atoms with van der Waals surface area (Å²) in [6, 6.07) is 15.0. The number of carbonyl (C=O) groups is 3. The molecule has 202 valence electrons. The average Bonchev–Trinajstić information content (AvgIpc) is 3.56. The third-order valence-electron chi connectivity index (χ3n) is 6.41. The highest BCUT2D eigenvalue weighted by molar-refractivity contribution is 7.13. The maximum absolute atomic E-state index is 13.3. The van der Waals surface area contributed by atoms with Gasteiger partial charge in [0, 0.05) is 19.5 Å². The SMILES string of the molecule is CCCC.Cc1ncsc1-c1ccc(CNC(=O)C2CC(O)CN2C(=O)C(NC=O)c2ccccc2)cc1. The average molecular weight is 537 g/mol. The normalized spacial score (nSPS) is 17.2. The second-order valence-electron chi connectivity index (χ2n) is 9.21. The number of nitrogens with zero attached hydrogens (tertiary/aromatic N) is 2. The van der Waals surface area contributed by atoms with Crippen molar-refractivity contribution in [3.8, 4) is 10.4 Å². The molecule has 2 aromatic carbocycles. The van der Waals surface area contributed by atoms with Crippen LogP contribution in [0.4, 0.5) is 0 Å². The molecule has 8 nitrogen and oxygen atoms in total. The summed E-state index contributed by atoms with van der Waals surface area (Å²) in [7, 11) is 0. The van der Waals surface area contributed by atoms with Gasteiger partial charge >= 0.3 is 0 Å². The van der Waals surface area contributed by atoms with E-state index in [1.807, 2.05) is 42.8 Å². The van der Waals surface area contributed by atoms with Crippen molar-refractivity contribution in [3.05, 3.63) is 76.9 Å². The van der Waals surface area contributed by atoms with E-state index in [1.54, 1.807) is 35.6 Å². The zero-order chi connectivity index (χ0) is 27.5. The summed E-state index contributed by atoms with van der Waals surface area (Å²) >= 11 is 1.58. The lowest BCUT2D eigenvalue weighted by atomic mass is 10.0. The van der Waals surface area contributed by atoms with Crippen molar-refractivity contribution in [1.29, 1.82) is 0 Å². The van der Waals surface area contributed by atoms with Crippen LogP contribution in [0.1, 0.15) is 56.0 Å². The molecule has 1 aromatic heterocycles. The molecule has 3 unspecified atom stereocenters. The van der Waals surface area contributed by atoms with Crippen molar-refractivity contribution >= 4 is 29.6 Å². The summed E-state index contributed by atoms with van der Waals surface area (Å²) in [5.41, 5.74) is 5.39. The Morgan fingerprint density at radius 2 is 1.82 bits per heavy atom. The predicted octanol–water partition coefficient (Wildman–Crippen LogP) is 3.99. The first-order valence-corrected chi connectivity index (χ1v) is 13.8. The summed E-state index contributed by atoms with van der Waals surface area (Å²) in [4.78, 5) is 44.1. The fraction of sp³-hybridized carbons (Fsp3) is 0.379. The standard InChI is InChI=1S/C25H26N4O4S.C4H10/c1-16-23(34-15-28-16)19-9-7-17(8-10-19)12-26-24(32)21-11-20(31)13-29(21)25(33)22(27-14-30)18-5-3-2-4-6-18;1-3-4-2/h2-10,14-15,20-22,31H,11-13H2,1H3,(H,26,32)(H,27,30);3-4H2,1-2H3. The van der Waals surface area contributed by atoms with Crippen LogP contribution < -0.4 is 10.6 Å². The molecule has 3 amide bonds. The molecule has 0 radical (unpaired) electrons. The Morgan fingerprint density at radius 3 is 2.39 bits per heavy atom. The summed E-state index contributed by atoms with van der Waals surface area (Å²) in [5, 5.41) is 15.6. The highest BCUT2D eigenvalue weighted by atomic mass is 32.1. The molecular weight excluding hydrogens is 500 g/mol. The molecule has 1 saturated heterocycles. The van der Waals surface area contributed by atoms with Gasteiger partial charge in [-0.15, -0.1) is 11.3 Å². The van der Waals surface area contributed by atoms with E-state index in [2.05, 4.69) is 29.5 Å². The lowest BCUT2D eigenvalue weighted by molar-refractivity contribution is -0.141. The molecule has 0 aliphatic carbocycles. The molecule has 1 aliphatic heterocycles. The third-order valence-corrected chi connectivity index (χ3v) is 7.39. The van der Waals surface area contributed by atoms with E-state index < -0.39 is 24.1 Å². The topological polar surface area (TPSA) is 112 Å². The predicted molar refractivity (Wildman–Crippen MR) is 149 cm³/mol. The Hall–Kier alpha value is -3.56. The van der Waals surface area contributed by atoms with Crippen molar-refractivity contribution in [2.45, 2.75) is 64.8 Å². The quantitative estimate of drug-likeness (QED) is 0.358. The number of benzene rings is 2. The number of nitrogens with one attached hydrogen (secondary N) is 2. The number of hydrogen-bond acceptors (Lipinski definition) is 6. The van der Waals surface area contributed by atoms with E-state index in [9.17, 15) is 19.5 Å². The number of hydrogen-bond donors (Lipinski definition) is 3. The van der Waals surface area contributed by atoms with Crippen LogP contribution >= 0.6 is 11.3 Å².